The fourth-order valence-corrected chi connectivity index (χ4v) is 3.85. The molecule has 1 aromatic heterocycles. The molecule has 0 radical (unpaired) electrons. The number of rotatable bonds is 5. The van der Waals surface area contributed by atoms with Gasteiger partial charge in [0.1, 0.15) is 0 Å². The van der Waals surface area contributed by atoms with Crippen LogP contribution in [0.1, 0.15) is 22.8 Å². The molecule has 4 rings (SSSR count). The lowest BCUT2D eigenvalue weighted by molar-refractivity contribution is -0.116. The van der Waals surface area contributed by atoms with Crippen molar-refractivity contribution < 1.29 is 9.59 Å². The van der Waals surface area contributed by atoms with Crippen LogP contribution >= 0.6 is 0 Å². The van der Waals surface area contributed by atoms with E-state index in [4.69, 9.17) is 0 Å². The molecular formula is C23H26N4O2. The monoisotopic (exact) mass is 390 g/mol. The second-order valence-corrected chi connectivity index (χ2v) is 7.80. The number of benzene rings is 2. The molecule has 0 aliphatic carbocycles. The second-order valence-electron chi connectivity index (χ2n) is 7.80. The number of carbonyl (C=O) groups is 2. The maximum atomic E-state index is 12.7. The van der Waals surface area contributed by atoms with Crippen molar-refractivity contribution in [2.45, 2.75) is 19.9 Å². The van der Waals surface area contributed by atoms with E-state index >= 15 is 0 Å². The van der Waals surface area contributed by atoms with Gasteiger partial charge in [-0.15, -0.1) is 0 Å². The zero-order valence-corrected chi connectivity index (χ0v) is 17.1. The standard InChI is InChI=1S/C23H26N4O2/c1-16(28)27-11-9-17-14-19(4-6-22(17)27)23(29)24-20-5-7-21-18(15-20)8-10-26(21)13-12-25(2)3/h4-8,10,14-15H,9,11-13H2,1-3H3,(H,24,29). The Morgan fingerprint density at radius 1 is 1.10 bits per heavy atom. The van der Waals surface area contributed by atoms with Gasteiger partial charge in [-0.3, -0.25) is 9.59 Å². The highest BCUT2D eigenvalue weighted by atomic mass is 16.2. The SMILES string of the molecule is CC(=O)N1CCc2cc(C(=O)Nc3ccc4c(ccn4CCN(C)C)c3)ccc21. The normalized spacial score (nSPS) is 13.2. The average Bonchev–Trinajstić information content (AvgIpc) is 3.29. The van der Waals surface area contributed by atoms with Crippen molar-refractivity contribution in [2.24, 2.45) is 0 Å². The van der Waals surface area contributed by atoms with Gasteiger partial charge in [-0.05, 0) is 68.5 Å². The Morgan fingerprint density at radius 3 is 2.69 bits per heavy atom. The molecule has 0 saturated heterocycles. The molecule has 6 nitrogen and oxygen atoms in total. The summed E-state index contributed by atoms with van der Waals surface area (Å²) in [5, 5.41) is 4.10. The number of nitrogens with one attached hydrogen (secondary N) is 1. The lowest BCUT2D eigenvalue weighted by atomic mass is 10.1. The molecule has 1 aliphatic rings. The van der Waals surface area contributed by atoms with Gasteiger partial charge in [-0.2, -0.15) is 0 Å². The first-order valence-electron chi connectivity index (χ1n) is 9.88. The molecule has 0 atom stereocenters. The number of hydrogen-bond acceptors (Lipinski definition) is 3. The Balaban J connectivity index is 1.50. The highest BCUT2D eigenvalue weighted by Crippen LogP contribution is 2.29. The van der Waals surface area contributed by atoms with E-state index in [0.717, 1.165) is 47.4 Å². The van der Waals surface area contributed by atoms with Gasteiger partial charge in [-0.25, -0.2) is 0 Å². The molecule has 1 aliphatic heterocycles. The predicted octanol–water partition coefficient (Wildman–Crippen LogP) is 3.36. The summed E-state index contributed by atoms with van der Waals surface area (Å²) < 4.78 is 2.22. The number of carbonyl (C=O) groups excluding carboxylic acids is 2. The van der Waals surface area contributed by atoms with Gasteiger partial charge in [0, 0.05) is 60.6 Å². The van der Waals surface area contributed by atoms with Crippen molar-refractivity contribution in [1.82, 2.24) is 9.47 Å². The third-order valence-corrected chi connectivity index (χ3v) is 5.43. The summed E-state index contributed by atoms with van der Waals surface area (Å²) in [6, 6.07) is 13.6. The van der Waals surface area contributed by atoms with Crippen LogP contribution in [0.3, 0.4) is 0 Å². The van der Waals surface area contributed by atoms with Crippen molar-refractivity contribution in [1.29, 1.82) is 0 Å². The largest absolute Gasteiger partial charge is 0.346 e. The minimum atomic E-state index is -0.138. The van der Waals surface area contributed by atoms with Gasteiger partial charge in [0.05, 0.1) is 0 Å². The van der Waals surface area contributed by atoms with Crippen molar-refractivity contribution in [3.8, 4) is 0 Å². The second kappa shape index (κ2) is 7.72. The Labute approximate surface area is 170 Å². The van der Waals surface area contributed by atoms with Crippen molar-refractivity contribution in [2.75, 3.05) is 37.4 Å². The van der Waals surface area contributed by atoms with Crippen molar-refractivity contribution in [3.63, 3.8) is 0 Å². The first kappa shape index (κ1) is 19.2. The minimum Gasteiger partial charge on any atom is -0.346 e. The number of fused-ring (bicyclic) bond motifs is 2. The quantitative estimate of drug-likeness (QED) is 0.727. The molecule has 29 heavy (non-hydrogen) atoms. The first-order valence-corrected chi connectivity index (χ1v) is 9.88. The Kier molecular flexibility index (Phi) is 5.11. The Hall–Kier alpha value is -3.12. The molecular weight excluding hydrogens is 364 g/mol. The van der Waals surface area contributed by atoms with Crippen molar-refractivity contribution >= 4 is 34.1 Å². The predicted molar refractivity (Wildman–Crippen MR) is 117 cm³/mol. The molecule has 1 N–H and O–H groups in total. The molecule has 3 aromatic rings. The van der Waals surface area contributed by atoms with E-state index in [1.165, 1.54) is 0 Å². The van der Waals surface area contributed by atoms with E-state index in [-0.39, 0.29) is 11.8 Å². The van der Waals surface area contributed by atoms with E-state index in [1.807, 2.05) is 30.3 Å². The topological polar surface area (TPSA) is 57.6 Å². The molecule has 0 fully saturated rings. The molecule has 2 amide bonds. The lowest BCUT2D eigenvalue weighted by Crippen LogP contribution is -2.25. The van der Waals surface area contributed by atoms with Crippen LogP contribution in [0.4, 0.5) is 11.4 Å². The summed E-state index contributed by atoms with van der Waals surface area (Å²) in [6.07, 6.45) is 2.86. The first-order chi connectivity index (χ1) is 13.9. The van der Waals surface area contributed by atoms with Gasteiger partial charge < -0.3 is 19.7 Å². The van der Waals surface area contributed by atoms with Gasteiger partial charge in [0.15, 0.2) is 0 Å². The van der Waals surface area contributed by atoms with E-state index in [9.17, 15) is 9.59 Å². The van der Waals surface area contributed by atoms with E-state index in [1.54, 1.807) is 17.9 Å². The highest BCUT2D eigenvalue weighted by molar-refractivity contribution is 6.06. The fraction of sp³-hybridized carbons (Fsp3) is 0.304. The summed E-state index contributed by atoms with van der Waals surface area (Å²) in [7, 11) is 4.13. The van der Waals surface area contributed by atoms with Crippen LogP contribution in [0.15, 0.2) is 48.7 Å². The molecule has 0 spiro atoms. The molecule has 150 valence electrons. The summed E-state index contributed by atoms with van der Waals surface area (Å²) in [5.74, 6) is -0.104. The fourth-order valence-electron chi connectivity index (χ4n) is 3.85. The van der Waals surface area contributed by atoms with Crippen LogP contribution in [0.5, 0.6) is 0 Å². The Bertz CT molecular complexity index is 1080. The number of amides is 2. The lowest BCUT2D eigenvalue weighted by Gasteiger charge is -2.15. The summed E-state index contributed by atoms with van der Waals surface area (Å²) >= 11 is 0. The maximum absolute atomic E-state index is 12.7. The summed E-state index contributed by atoms with van der Waals surface area (Å²) in [5.41, 5.74) is 4.50. The zero-order chi connectivity index (χ0) is 20.5. The minimum absolute atomic E-state index is 0.0340. The Morgan fingerprint density at radius 2 is 1.93 bits per heavy atom. The van der Waals surface area contributed by atoms with Crippen LogP contribution in [0, 0.1) is 0 Å². The molecule has 6 heteroatoms. The highest BCUT2D eigenvalue weighted by Gasteiger charge is 2.23. The van der Waals surface area contributed by atoms with Crippen molar-refractivity contribution in [3.05, 3.63) is 59.8 Å². The molecule has 2 aromatic carbocycles. The number of hydrogen-bond donors (Lipinski definition) is 1. The number of aromatic nitrogens is 1. The molecule has 0 unspecified atom stereocenters. The average molecular weight is 390 g/mol. The number of anilines is 2. The summed E-state index contributed by atoms with van der Waals surface area (Å²) in [4.78, 5) is 28.4. The molecule has 0 bridgehead atoms. The number of nitrogens with zero attached hydrogens (tertiary/aromatic N) is 3. The van der Waals surface area contributed by atoms with E-state index in [2.05, 4.69) is 41.1 Å². The number of likely N-dealkylation sites (N-methyl/N-ethyl adjacent to an activating group) is 1. The van der Waals surface area contributed by atoms with Gasteiger partial charge in [-0.1, -0.05) is 0 Å². The third kappa shape index (κ3) is 3.89. The smallest absolute Gasteiger partial charge is 0.255 e. The van der Waals surface area contributed by atoms with Gasteiger partial charge >= 0.3 is 0 Å². The molecule has 2 heterocycles. The van der Waals surface area contributed by atoms with E-state index in [0.29, 0.717) is 12.1 Å². The van der Waals surface area contributed by atoms with Crippen LogP contribution in [0.2, 0.25) is 0 Å². The van der Waals surface area contributed by atoms with Crippen LogP contribution in [-0.2, 0) is 17.8 Å². The van der Waals surface area contributed by atoms with Crippen LogP contribution < -0.4 is 10.2 Å². The summed E-state index contributed by atoms with van der Waals surface area (Å²) in [6.45, 7) is 4.15. The van der Waals surface area contributed by atoms with Crippen LogP contribution in [-0.4, -0.2) is 48.5 Å². The van der Waals surface area contributed by atoms with Gasteiger partial charge in [0.2, 0.25) is 5.91 Å². The maximum Gasteiger partial charge on any atom is 0.255 e. The van der Waals surface area contributed by atoms with Crippen LogP contribution in [0.25, 0.3) is 10.9 Å². The third-order valence-electron chi connectivity index (χ3n) is 5.43. The van der Waals surface area contributed by atoms with E-state index < -0.39 is 0 Å². The zero-order valence-electron chi connectivity index (χ0n) is 17.1. The molecule has 0 saturated carbocycles. The van der Waals surface area contributed by atoms with Gasteiger partial charge in [0.25, 0.3) is 5.91 Å².